The smallest absolute Gasteiger partial charge is 0.166 e. The molecule has 160 valence electrons. The Morgan fingerprint density at radius 3 is 2.53 bits per heavy atom. The van der Waals surface area contributed by atoms with Gasteiger partial charge in [-0.15, -0.1) is 0 Å². The quantitative estimate of drug-likeness (QED) is 0.733. The van der Waals surface area contributed by atoms with Gasteiger partial charge < -0.3 is 9.84 Å². The van der Waals surface area contributed by atoms with Crippen molar-refractivity contribution in [2.24, 2.45) is 5.92 Å². The molecule has 0 bridgehead atoms. The van der Waals surface area contributed by atoms with Crippen molar-refractivity contribution in [3.63, 3.8) is 0 Å². The van der Waals surface area contributed by atoms with Crippen LogP contribution < -0.4 is 4.74 Å². The van der Waals surface area contributed by atoms with Crippen LogP contribution in [0.15, 0.2) is 42.5 Å². The van der Waals surface area contributed by atoms with Gasteiger partial charge in [0, 0.05) is 23.9 Å². The number of ketones is 1. The summed E-state index contributed by atoms with van der Waals surface area (Å²) >= 11 is 0. The molecule has 0 aromatic heterocycles. The minimum Gasteiger partial charge on any atom is -0.491 e. The van der Waals surface area contributed by atoms with Crippen molar-refractivity contribution >= 4 is 5.78 Å². The number of ether oxygens (including phenoxy) is 1. The standard InChI is InChI=1S/C24H27F2NO3/c25-10-13-30-23-3-1-2-18-14-21(22(28)15-20(18)23)27-11-8-17(9-12-27)24(29)16-4-6-19(26)7-5-16/h1-7,17,21-22,28H,8-15H2/t21-,22-/m1/s1. The summed E-state index contributed by atoms with van der Waals surface area (Å²) < 4.78 is 31.1. The highest BCUT2D eigenvalue weighted by atomic mass is 19.1. The Morgan fingerprint density at radius 2 is 1.83 bits per heavy atom. The van der Waals surface area contributed by atoms with Crippen molar-refractivity contribution in [3.05, 3.63) is 65.0 Å². The molecule has 1 fully saturated rings. The van der Waals surface area contributed by atoms with Gasteiger partial charge in [-0.3, -0.25) is 9.69 Å². The number of alkyl halides is 1. The van der Waals surface area contributed by atoms with Crippen molar-refractivity contribution in [2.75, 3.05) is 26.4 Å². The van der Waals surface area contributed by atoms with E-state index in [1.165, 1.54) is 12.1 Å². The van der Waals surface area contributed by atoms with Crippen LogP contribution in [0, 0.1) is 11.7 Å². The van der Waals surface area contributed by atoms with Crippen molar-refractivity contribution in [2.45, 2.75) is 37.8 Å². The van der Waals surface area contributed by atoms with Gasteiger partial charge in [-0.1, -0.05) is 12.1 Å². The normalized spacial score (nSPS) is 22.5. The van der Waals surface area contributed by atoms with Gasteiger partial charge in [0.25, 0.3) is 0 Å². The number of carbonyl (C=O) groups excluding carboxylic acids is 1. The molecule has 1 heterocycles. The molecule has 0 unspecified atom stereocenters. The predicted octanol–water partition coefficient (Wildman–Crippen LogP) is 3.60. The van der Waals surface area contributed by atoms with E-state index in [0.717, 1.165) is 37.1 Å². The van der Waals surface area contributed by atoms with Gasteiger partial charge in [0.1, 0.15) is 24.8 Å². The number of Topliss-reactive ketones (excluding diaryl/α,β-unsaturated/α-hetero) is 1. The summed E-state index contributed by atoms with van der Waals surface area (Å²) in [6.45, 7) is 0.964. The summed E-state index contributed by atoms with van der Waals surface area (Å²) in [6, 6.07) is 11.5. The van der Waals surface area contributed by atoms with Crippen LogP contribution in [0.5, 0.6) is 5.75 Å². The van der Waals surface area contributed by atoms with E-state index in [4.69, 9.17) is 4.74 Å². The molecule has 1 aliphatic heterocycles. The van der Waals surface area contributed by atoms with Crippen LogP contribution in [0.2, 0.25) is 0 Å². The van der Waals surface area contributed by atoms with Crippen LogP contribution in [0.1, 0.15) is 34.3 Å². The van der Waals surface area contributed by atoms with E-state index in [2.05, 4.69) is 4.90 Å². The number of benzene rings is 2. The molecular formula is C24H27F2NO3. The summed E-state index contributed by atoms with van der Waals surface area (Å²) in [6.07, 6.45) is 2.12. The van der Waals surface area contributed by atoms with E-state index in [1.807, 2.05) is 18.2 Å². The fourth-order valence-electron chi connectivity index (χ4n) is 4.74. The van der Waals surface area contributed by atoms with E-state index in [-0.39, 0.29) is 30.2 Å². The molecule has 0 radical (unpaired) electrons. The number of aliphatic hydroxyl groups excluding tert-OH is 1. The number of hydrogen-bond acceptors (Lipinski definition) is 4. The minimum absolute atomic E-state index is 0.00389. The molecule has 0 spiro atoms. The molecule has 1 aliphatic carbocycles. The van der Waals surface area contributed by atoms with Gasteiger partial charge in [-0.2, -0.15) is 0 Å². The van der Waals surface area contributed by atoms with Gasteiger partial charge in [-0.05, 0) is 73.8 Å². The van der Waals surface area contributed by atoms with Gasteiger partial charge in [-0.25, -0.2) is 8.78 Å². The second-order valence-corrected chi connectivity index (χ2v) is 8.16. The first-order chi connectivity index (χ1) is 14.6. The van der Waals surface area contributed by atoms with Gasteiger partial charge in [0.05, 0.1) is 6.10 Å². The zero-order valence-corrected chi connectivity index (χ0v) is 16.9. The molecule has 2 atom stereocenters. The topological polar surface area (TPSA) is 49.8 Å². The molecule has 1 N–H and O–H groups in total. The van der Waals surface area contributed by atoms with Gasteiger partial charge in [0.2, 0.25) is 0 Å². The maximum absolute atomic E-state index is 13.1. The maximum atomic E-state index is 13.1. The lowest BCUT2D eigenvalue weighted by atomic mass is 9.82. The number of nitrogens with zero attached hydrogens (tertiary/aromatic N) is 1. The third-order valence-corrected chi connectivity index (χ3v) is 6.35. The van der Waals surface area contributed by atoms with E-state index in [1.54, 1.807) is 12.1 Å². The van der Waals surface area contributed by atoms with Crippen molar-refractivity contribution in [1.82, 2.24) is 4.90 Å². The molecule has 0 amide bonds. The highest BCUT2D eigenvalue weighted by Crippen LogP contribution is 2.33. The molecule has 0 saturated carbocycles. The average Bonchev–Trinajstić information content (AvgIpc) is 2.77. The number of hydrogen-bond donors (Lipinski definition) is 1. The van der Waals surface area contributed by atoms with Gasteiger partial charge in [0.15, 0.2) is 5.78 Å². The lowest BCUT2D eigenvalue weighted by Gasteiger charge is -2.42. The summed E-state index contributed by atoms with van der Waals surface area (Å²) in [5.74, 6) is 0.316. The first-order valence-electron chi connectivity index (χ1n) is 10.6. The van der Waals surface area contributed by atoms with Crippen LogP contribution in [0.3, 0.4) is 0 Å². The Kier molecular flexibility index (Phi) is 6.44. The zero-order chi connectivity index (χ0) is 21.1. The number of likely N-dealkylation sites (tertiary alicyclic amines) is 1. The SMILES string of the molecule is O=C(c1ccc(F)cc1)C1CCN([C@@H]2Cc3cccc(OCCF)c3C[C@H]2O)CC1. The van der Waals surface area contributed by atoms with Crippen LogP contribution in [-0.2, 0) is 12.8 Å². The predicted molar refractivity (Wildman–Crippen MR) is 110 cm³/mol. The molecule has 30 heavy (non-hydrogen) atoms. The Hall–Kier alpha value is -2.31. The van der Waals surface area contributed by atoms with E-state index < -0.39 is 12.8 Å². The zero-order valence-electron chi connectivity index (χ0n) is 16.9. The number of carbonyl (C=O) groups is 1. The number of piperidine rings is 1. The van der Waals surface area contributed by atoms with Crippen molar-refractivity contribution < 1.29 is 23.4 Å². The fourth-order valence-corrected chi connectivity index (χ4v) is 4.74. The van der Waals surface area contributed by atoms with Crippen molar-refractivity contribution in [3.8, 4) is 5.75 Å². The first-order valence-corrected chi connectivity index (χ1v) is 10.6. The summed E-state index contributed by atoms with van der Waals surface area (Å²) in [4.78, 5) is 15.0. The molecule has 4 rings (SSSR count). The first kappa shape index (κ1) is 20.9. The summed E-state index contributed by atoms with van der Waals surface area (Å²) in [5.41, 5.74) is 2.66. The number of aliphatic hydroxyl groups is 1. The van der Waals surface area contributed by atoms with E-state index in [9.17, 15) is 18.7 Å². The fraction of sp³-hybridized carbons (Fsp3) is 0.458. The Labute approximate surface area is 175 Å². The molecule has 2 aliphatic rings. The second kappa shape index (κ2) is 9.23. The number of rotatable bonds is 6. The minimum atomic E-state index is -0.541. The monoisotopic (exact) mass is 415 g/mol. The largest absolute Gasteiger partial charge is 0.491 e. The van der Waals surface area contributed by atoms with E-state index >= 15 is 0 Å². The van der Waals surface area contributed by atoms with Crippen LogP contribution in [0.4, 0.5) is 8.78 Å². The summed E-state index contributed by atoms with van der Waals surface area (Å²) in [5, 5.41) is 10.8. The Bertz CT molecular complexity index is 879. The lowest BCUT2D eigenvalue weighted by molar-refractivity contribution is 0.0234. The average molecular weight is 415 g/mol. The molecule has 1 saturated heterocycles. The Balaban J connectivity index is 1.39. The third-order valence-electron chi connectivity index (χ3n) is 6.35. The second-order valence-electron chi connectivity index (χ2n) is 8.16. The number of halogens is 2. The molecule has 6 heteroatoms. The molecular weight excluding hydrogens is 388 g/mol. The summed E-state index contributed by atoms with van der Waals surface area (Å²) in [7, 11) is 0. The molecule has 2 aromatic rings. The number of fused-ring (bicyclic) bond motifs is 1. The van der Waals surface area contributed by atoms with E-state index in [0.29, 0.717) is 24.2 Å². The third kappa shape index (κ3) is 4.40. The highest BCUT2D eigenvalue weighted by Gasteiger charge is 2.36. The highest BCUT2D eigenvalue weighted by molar-refractivity contribution is 5.97. The van der Waals surface area contributed by atoms with Crippen LogP contribution in [-0.4, -0.2) is 54.3 Å². The molecule has 2 aromatic carbocycles. The Morgan fingerprint density at radius 1 is 1.10 bits per heavy atom. The lowest BCUT2D eigenvalue weighted by Crippen LogP contribution is -2.51. The van der Waals surface area contributed by atoms with Crippen molar-refractivity contribution in [1.29, 1.82) is 0 Å². The molecule has 4 nitrogen and oxygen atoms in total. The maximum Gasteiger partial charge on any atom is 0.166 e. The van der Waals surface area contributed by atoms with Crippen LogP contribution >= 0.6 is 0 Å². The van der Waals surface area contributed by atoms with Crippen LogP contribution in [0.25, 0.3) is 0 Å². The van der Waals surface area contributed by atoms with Gasteiger partial charge >= 0.3 is 0 Å².